The van der Waals surface area contributed by atoms with Crippen molar-refractivity contribution in [2.24, 2.45) is 5.92 Å². The highest BCUT2D eigenvalue weighted by atomic mass is 16.6. The molecule has 4 nitrogen and oxygen atoms in total. The second kappa shape index (κ2) is 13.4. The zero-order valence-electron chi connectivity index (χ0n) is 17.9. The monoisotopic (exact) mass is 390 g/mol. The fraction of sp³-hybridized carbons (Fsp3) is 0.667. The lowest BCUT2D eigenvalue weighted by Crippen LogP contribution is -2.42. The fourth-order valence-corrected chi connectivity index (χ4v) is 3.48. The van der Waals surface area contributed by atoms with Gasteiger partial charge in [0.1, 0.15) is 0 Å². The Morgan fingerprint density at radius 2 is 1.50 bits per heavy atom. The van der Waals surface area contributed by atoms with Gasteiger partial charge in [-0.1, -0.05) is 102 Å². The molecule has 1 N–H and O–H groups in total. The molecule has 158 valence electrons. The maximum atomic E-state index is 12.7. The maximum absolute atomic E-state index is 12.7. The molecule has 0 aliphatic carbocycles. The van der Waals surface area contributed by atoms with Crippen LogP contribution in [0.3, 0.4) is 0 Å². The summed E-state index contributed by atoms with van der Waals surface area (Å²) in [7, 11) is 0. The first-order valence-electron chi connectivity index (χ1n) is 11.0. The van der Waals surface area contributed by atoms with Crippen LogP contribution in [0.15, 0.2) is 30.3 Å². The number of carboxylic acid groups (broad SMARTS) is 1. The zero-order chi connectivity index (χ0) is 20.8. The summed E-state index contributed by atoms with van der Waals surface area (Å²) in [5, 5.41) is 10.1. The van der Waals surface area contributed by atoms with Gasteiger partial charge in [-0.3, -0.25) is 4.79 Å². The summed E-state index contributed by atoms with van der Waals surface area (Å²) in [6, 6.07) is 8.94. The van der Waals surface area contributed by atoms with Crippen molar-refractivity contribution < 1.29 is 19.4 Å². The highest BCUT2D eigenvalue weighted by molar-refractivity contribution is 5.84. The van der Waals surface area contributed by atoms with E-state index in [0.717, 1.165) is 64.2 Å². The van der Waals surface area contributed by atoms with Crippen molar-refractivity contribution in [2.45, 2.75) is 97.0 Å². The first kappa shape index (κ1) is 24.2. The molecule has 1 aromatic rings. The zero-order valence-corrected chi connectivity index (χ0v) is 17.9. The maximum Gasteiger partial charge on any atom is 0.352 e. The molecular weight excluding hydrogens is 352 g/mol. The van der Waals surface area contributed by atoms with Crippen molar-refractivity contribution in [3.05, 3.63) is 35.9 Å². The van der Waals surface area contributed by atoms with Crippen molar-refractivity contribution in [1.82, 2.24) is 0 Å². The molecule has 2 unspecified atom stereocenters. The van der Waals surface area contributed by atoms with Crippen LogP contribution < -0.4 is 0 Å². The molecule has 0 spiro atoms. The molecule has 0 amide bonds. The van der Waals surface area contributed by atoms with Crippen LogP contribution >= 0.6 is 0 Å². The average molecular weight is 391 g/mol. The van der Waals surface area contributed by atoms with Crippen LogP contribution in [0.4, 0.5) is 0 Å². The van der Waals surface area contributed by atoms with Crippen molar-refractivity contribution in [2.75, 3.05) is 0 Å². The molecular formula is C24H38O4. The fourth-order valence-electron chi connectivity index (χ4n) is 3.48. The minimum atomic E-state index is -1.60. The summed E-state index contributed by atoms with van der Waals surface area (Å²) >= 11 is 0. The number of aliphatic carboxylic acids is 1. The summed E-state index contributed by atoms with van der Waals surface area (Å²) in [5.74, 6) is -1.78. The largest absolute Gasteiger partial charge is 0.478 e. The molecule has 1 aromatic carbocycles. The van der Waals surface area contributed by atoms with Crippen LogP contribution in [0.25, 0.3) is 0 Å². The number of hydrogen-bond donors (Lipinski definition) is 1. The lowest BCUT2D eigenvalue weighted by molar-refractivity contribution is -0.184. The van der Waals surface area contributed by atoms with Gasteiger partial charge in [0.05, 0.1) is 5.92 Å². The summed E-state index contributed by atoms with van der Waals surface area (Å²) in [6.45, 7) is 6.14. The Labute approximate surface area is 170 Å². The predicted molar refractivity (Wildman–Crippen MR) is 113 cm³/mol. The van der Waals surface area contributed by atoms with Gasteiger partial charge in [0.25, 0.3) is 0 Å². The Morgan fingerprint density at radius 1 is 0.929 bits per heavy atom. The number of hydrogen-bond acceptors (Lipinski definition) is 3. The van der Waals surface area contributed by atoms with Gasteiger partial charge in [0.15, 0.2) is 0 Å². The van der Waals surface area contributed by atoms with E-state index in [-0.39, 0.29) is 5.92 Å². The third-order valence-electron chi connectivity index (χ3n) is 5.39. The number of carbonyl (C=O) groups is 2. The molecule has 4 heteroatoms. The number of rotatable bonds is 15. The van der Waals surface area contributed by atoms with Gasteiger partial charge < -0.3 is 9.84 Å². The smallest absolute Gasteiger partial charge is 0.352 e. The van der Waals surface area contributed by atoms with E-state index >= 15 is 0 Å². The summed E-state index contributed by atoms with van der Waals surface area (Å²) in [5.41, 5.74) is -1.05. The van der Waals surface area contributed by atoms with Crippen LogP contribution in [0.5, 0.6) is 0 Å². The quantitative estimate of drug-likeness (QED) is 0.275. The van der Waals surface area contributed by atoms with E-state index in [1.165, 1.54) is 0 Å². The van der Waals surface area contributed by atoms with Crippen LogP contribution in [0.1, 0.15) is 97.0 Å². The van der Waals surface area contributed by atoms with Gasteiger partial charge in [-0.2, -0.15) is 0 Å². The highest BCUT2D eigenvalue weighted by Gasteiger charge is 2.44. The molecule has 0 aliphatic rings. The Kier molecular flexibility index (Phi) is 11.5. The second-order valence-corrected chi connectivity index (χ2v) is 7.83. The van der Waals surface area contributed by atoms with E-state index in [4.69, 9.17) is 4.74 Å². The van der Waals surface area contributed by atoms with Gasteiger partial charge >= 0.3 is 11.9 Å². The molecule has 28 heavy (non-hydrogen) atoms. The first-order valence-corrected chi connectivity index (χ1v) is 11.0. The first-order chi connectivity index (χ1) is 13.5. The molecule has 0 aliphatic heterocycles. The topological polar surface area (TPSA) is 63.6 Å². The van der Waals surface area contributed by atoms with Gasteiger partial charge in [-0.15, -0.1) is 0 Å². The molecule has 0 heterocycles. The Balaban J connectivity index is 2.89. The Hall–Kier alpha value is -1.84. The number of benzene rings is 1. The van der Waals surface area contributed by atoms with Crippen molar-refractivity contribution >= 4 is 11.9 Å². The molecule has 0 saturated heterocycles. The van der Waals surface area contributed by atoms with E-state index in [9.17, 15) is 14.7 Å². The van der Waals surface area contributed by atoms with Crippen molar-refractivity contribution in [1.29, 1.82) is 0 Å². The Morgan fingerprint density at radius 3 is 2.07 bits per heavy atom. The third kappa shape index (κ3) is 7.65. The number of esters is 1. The minimum Gasteiger partial charge on any atom is -0.478 e. The van der Waals surface area contributed by atoms with Gasteiger partial charge in [0.2, 0.25) is 5.60 Å². The molecule has 1 rings (SSSR count). The molecule has 0 radical (unpaired) electrons. The average Bonchev–Trinajstić information content (AvgIpc) is 2.70. The lowest BCUT2D eigenvalue weighted by atomic mass is 9.87. The van der Waals surface area contributed by atoms with Gasteiger partial charge in [-0.25, -0.2) is 4.79 Å². The van der Waals surface area contributed by atoms with E-state index in [1.807, 2.05) is 13.0 Å². The molecule has 0 bridgehead atoms. The number of ether oxygens (including phenoxy) is 1. The van der Waals surface area contributed by atoms with Crippen molar-refractivity contribution in [3.63, 3.8) is 0 Å². The van der Waals surface area contributed by atoms with Crippen LogP contribution in [0, 0.1) is 5.92 Å². The second-order valence-electron chi connectivity index (χ2n) is 7.83. The molecule has 0 saturated carbocycles. The third-order valence-corrected chi connectivity index (χ3v) is 5.39. The normalized spacial score (nSPS) is 14.2. The summed E-state index contributed by atoms with van der Waals surface area (Å²) in [4.78, 5) is 25.1. The number of carboxylic acids is 1. The number of unbranched alkanes of at least 4 members (excludes halogenated alkanes) is 7. The molecule has 0 fully saturated rings. The lowest BCUT2D eigenvalue weighted by Gasteiger charge is -2.31. The Bertz CT molecular complexity index is 569. The number of carbonyl (C=O) groups excluding carboxylic acids is 1. The van der Waals surface area contributed by atoms with Gasteiger partial charge in [-0.05, 0) is 12.8 Å². The standard InChI is InChI=1S/C24H38O4/c1-4-6-8-10-15-19-24(23(26)27,21-17-13-11-14-18-21)28-22(25)20(3)16-12-9-7-5-2/h11,13-14,17-18,20H,4-10,12,15-16,19H2,1-3H3,(H,26,27). The van der Waals surface area contributed by atoms with Gasteiger partial charge in [0, 0.05) is 12.0 Å². The van der Waals surface area contributed by atoms with Crippen molar-refractivity contribution in [3.8, 4) is 0 Å². The SMILES string of the molecule is CCCCCCCC(OC(=O)C(C)CCCCCC)(C(=O)O)c1ccccc1. The van der Waals surface area contributed by atoms with E-state index in [0.29, 0.717) is 12.0 Å². The van der Waals surface area contributed by atoms with Crippen LogP contribution in [-0.2, 0) is 19.9 Å². The molecule has 2 atom stereocenters. The highest BCUT2D eigenvalue weighted by Crippen LogP contribution is 2.34. The van der Waals surface area contributed by atoms with Crippen LogP contribution in [-0.4, -0.2) is 17.0 Å². The van der Waals surface area contributed by atoms with E-state index in [1.54, 1.807) is 24.3 Å². The summed E-state index contributed by atoms with van der Waals surface area (Å²) < 4.78 is 5.77. The predicted octanol–water partition coefficient (Wildman–Crippen LogP) is 6.48. The molecule has 0 aromatic heterocycles. The summed E-state index contributed by atoms with van der Waals surface area (Å²) in [6.07, 6.45) is 10.4. The van der Waals surface area contributed by atoms with E-state index < -0.39 is 17.5 Å². The van der Waals surface area contributed by atoms with E-state index in [2.05, 4.69) is 13.8 Å². The minimum absolute atomic E-state index is 0.292. The van der Waals surface area contributed by atoms with Crippen LogP contribution in [0.2, 0.25) is 0 Å².